The summed E-state index contributed by atoms with van der Waals surface area (Å²) in [5, 5.41) is 1.45. The molecule has 0 aliphatic heterocycles. The van der Waals surface area contributed by atoms with E-state index in [9.17, 15) is 0 Å². The van der Waals surface area contributed by atoms with Crippen molar-refractivity contribution >= 4 is 21.0 Å². The predicted molar refractivity (Wildman–Crippen MR) is 109 cm³/mol. The second kappa shape index (κ2) is 7.02. The van der Waals surface area contributed by atoms with Crippen LogP contribution in [0.3, 0.4) is 0 Å². The van der Waals surface area contributed by atoms with Gasteiger partial charge >= 0.3 is 0 Å². The van der Waals surface area contributed by atoms with E-state index < -0.39 is 0 Å². The highest BCUT2D eigenvalue weighted by atomic mass is 28.1. The van der Waals surface area contributed by atoms with Gasteiger partial charge in [0.2, 0.25) is 0 Å². The van der Waals surface area contributed by atoms with Crippen LogP contribution in [0.25, 0.3) is 10.8 Å². The van der Waals surface area contributed by atoms with Crippen LogP contribution in [0.4, 0.5) is 0 Å². The van der Waals surface area contributed by atoms with E-state index in [1.165, 1.54) is 44.2 Å². The van der Waals surface area contributed by atoms with E-state index in [2.05, 4.69) is 93.6 Å². The summed E-state index contributed by atoms with van der Waals surface area (Å²) in [6, 6.07) is 26.7. The highest BCUT2D eigenvalue weighted by molar-refractivity contribution is 6.47. The summed E-state index contributed by atoms with van der Waals surface area (Å²) in [7, 11) is 1.00. The van der Waals surface area contributed by atoms with Crippen LogP contribution < -0.4 is 0 Å². The van der Waals surface area contributed by atoms with Crippen molar-refractivity contribution in [3.63, 3.8) is 0 Å². The molecule has 0 N–H and O–H groups in total. The van der Waals surface area contributed by atoms with Crippen LogP contribution in [0.1, 0.15) is 33.4 Å². The molecule has 0 fully saturated rings. The summed E-state index contributed by atoms with van der Waals surface area (Å²) in [5.41, 5.74) is 9.21. The Labute approximate surface area is 148 Å². The second-order valence-electron chi connectivity index (χ2n) is 6.60. The van der Waals surface area contributed by atoms with Gasteiger partial charge in [-0.25, -0.2) is 0 Å². The van der Waals surface area contributed by atoms with Gasteiger partial charge in [0.05, 0.1) is 0 Å². The molecule has 3 rings (SSSR count). The first-order valence-electron chi connectivity index (χ1n) is 8.46. The van der Waals surface area contributed by atoms with Crippen molar-refractivity contribution in [3.05, 3.63) is 106 Å². The number of benzene rings is 3. The van der Waals surface area contributed by atoms with E-state index in [-0.39, 0.29) is 0 Å². The molecule has 0 aliphatic carbocycles. The fourth-order valence-electron chi connectivity index (χ4n) is 2.99. The molecule has 0 spiro atoms. The van der Waals surface area contributed by atoms with Crippen molar-refractivity contribution in [2.24, 2.45) is 0 Å². The van der Waals surface area contributed by atoms with Crippen molar-refractivity contribution < 1.29 is 0 Å². The van der Waals surface area contributed by atoms with Crippen molar-refractivity contribution in [3.8, 4) is 0 Å². The summed E-state index contributed by atoms with van der Waals surface area (Å²) in [6.45, 7) is 6.42. The van der Waals surface area contributed by atoms with Crippen molar-refractivity contribution in [2.75, 3.05) is 0 Å². The van der Waals surface area contributed by atoms with Gasteiger partial charge < -0.3 is 0 Å². The first-order valence-corrected chi connectivity index (χ1v) is 9.46. The minimum Gasteiger partial charge on any atom is -0.0587 e. The first kappa shape index (κ1) is 16.5. The van der Waals surface area contributed by atoms with Crippen LogP contribution in [-0.2, 0) is 0 Å². The van der Waals surface area contributed by atoms with E-state index in [0.717, 1.165) is 10.2 Å². The van der Waals surface area contributed by atoms with Crippen LogP contribution in [0.5, 0.6) is 0 Å². The van der Waals surface area contributed by atoms with Gasteiger partial charge in [-0.15, -0.1) is 0 Å². The molecule has 0 radical (unpaired) electrons. The number of rotatable bonds is 3. The average molecular weight is 329 g/mol. The molecule has 0 saturated carbocycles. The summed E-state index contributed by atoms with van der Waals surface area (Å²) < 4.78 is 0. The Bertz CT molecular complexity index is 804. The van der Waals surface area contributed by atoms with Crippen LogP contribution >= 0.6 is 0 Å². The molecule has 0 bridgehead atoms. The molecule has 0 amide bonds. The Balaban J connectivity index is 2.20. The largest absolute Gasteiger partial charge is 0.0587 e. The minimum absolute atomic E-state index is 1.00. The predicted octanol–water partition coefficient (Wildman–Crippen LogP) is 4.89. The second-order valence-corrected chi connectivity index (χ2v) is 7.60. The van der Waals surface area contributed by atoms with Gasteiger partial charge in [0.15, 0.2) is 0 Å². The van der Waals surface area contributed by atoms with Gasteiger partial charge in [0, 0.05) is 10.2 Å². The third-order valence-corrected chi connectivity index (χ3v) is 5.62. The summed E-state index contributed by atoms with van der Waals surface area (Å²) in [5.74, 6) is 0. The quantitative estimate of drug-likeness (QED) is 0.474. The highest BCUT2D eigenvalue weighted by Crippen LogP contribution is 2.31. The standard InChI is InChI=1S/C23H24Si/c1-16-4-10-19(11-5-16)22(20-12-6-17(2)7-13-20)23(24)21-14-8-18(3)9-15-21/h4-15H,1-3,24H3. The zero-order valence-electron chi connectivity index (χ0n) is 14.9. The summed E-state index contributed by atoms with van der Waals surface area (Å²) in [6.07, 6.45) is 0. The van der Waals surface area contributed by atoms with E-state index in [0.29, 0.717) is 0 Å². The highest BCUT2D eigenvalue weighted by Gasteiger charge is 2.10. The minimum atomic E-state index is 1.00. The molecule has 0 atom stereocenters. The molecule has 1 heteroatoms. The molecule has 120 valence electrons. The zero-order valence-corrected chi connectivity index (χ0v) is 16.9. The molecule has 3 aromatic carbocycles. The van der Waals surface area contributed by atoms with E-state index >= 15 is 0 Å². The maximum Gasteiger partial charge on any atom is 0.0401 e. The lowest BCUT2D eigenvalue weighted by atomic mass is 9.94. The van der Waals surface area contributed by atoms with E-state index in [1.54, 1.807) is 0 Å². The van der Waals surface area contributed by atoms with Crippen molar-refractivity contribution in [1.82, 2.24) is 0 Å². The van der Waals surface area contributed by atoms with Crippen LogP contribution in [0.15, 0.2) is 72.8 Å². The smallest absolute Gasteiger partial charge is 0.0401 e. The molecule has 0 aromatic heterocycles. The Kier molecular flexibility index (Phi) is 4.82. The topological polar surface area (TPSA) is 0 Å². The molecule has 0 nitrogen and oxygen atoms in total. The number of hydrogen-bond acceptors (Lipinski definition) is 0. The van der Waals surface area contributed by atoms with Gasteiger partial charge in [-0.05, 0) is 43.0 Å². The van der Waals surface area contributed by atoms with Gasteiger partial charge in [0.1, 0.15) is 0 Å². The number of aryl methyl sites for hydroxylation is 3. The van der Waals surface area contributed by atoms with Gasteiger partial charge in [-0.1, -0.05) is 94.7 Å². The molecule has 3 aromatic rings. The molecular weight excluding hydrogens is 304 g/mol. The average Bonchev–Trinajstić information content (AvgIpc) is 2.59. The van der Waals surface area contributed by atoms with E-state index in [1.807, 2.05) is 0 Å². The molecule has 0 heterocycles. The third-order valence-electron chi connectivity index (χ3n) is 4.54. The molecule has 0 saturated heterocycles. The number of hydrogen-bond donors (Lipinski definition) is 0. The lowest BCUT2D eigenvalue weighted by molar-refractivity contribution is 1.42. The van der Waals surface area contributed by atoms with Crippen molar-refractivity contribution in [1.29, 1.82) is 0 Å². The molecule has 0 aliphatic rings. The molecule has 0 unspecified atom stereocenters. The van der Waals surface area contributed by atoms with Gasteiger partial charge in [-0.3, -0.25) is 0 Å². The normalized spacial score (nSPS) is 10.6. The Morgan fingerprint density at radius 2 is 0.792 bits per heavy atom. The van der Waals surface area contributed by atoms with E-state index in [4.69, 9.17) is 0 Å². The zero-order chi connectivity index (χ0) is 17.1. The summed E-state index contributed by atoms with van der Waals surface area (Å²) >= 11 is 0. The fraction of sp³-hybridized carbons (Fsp3) is 0.130. The first-order chi connectivity index (χ1) is 11.5. The molecule has 24 heavy (non-hydrogen) atoms. The van der Waals surface area contributed by atoms with Gasteiger partial charge in [-0.2, -0.15) is 0 Å². The molecular formula is C23H24Si. The maximum atomic E-state index is 2.25. The maximum absolute atomic E-state index is 2.25. The monoisotopic (exact) mass is 328 g/mol. The van der Waals surface area contributed by atoms with Crippen LogP contribution in [0, 0.1) is 20.8 Å². The van der Waals surface area contributed by atoms with Crippen LogP contribution in [-0.4, -0.2) is 10.2 Å². The Morgan fingerprint density at radius 3 is 1.12 bits per heavy atom. The summed E-state index contributed by atoms with van der Waals surface area (Å²) in [4.78, 5) is 0. The lowest BCUT2D eigenvalue weighted by Gasteiger charge is -2.15. The van der Waals surface area contributed by atoms with Crippen LogP contribution in [0.2, 0.25) is 0 Å². The van der Waals surface area contributed by atoms with Crippen molar-refractivity contribution in [2.45, 2.75) is 20.8 Å². The Hall–Kier alpha value is -2.38. The third kappa shape index (κ3) is 3.57. The SMILES string of the molecule is Cc1ccc(C([SiH3])=C(c2ccc(C)cc2)c2ccc(C)cc2)cc1. The van der Waals surface area contributed by atoms with Gasteiger partial charge in [0.25, 0.3) is 0 Å². The lowest BCUT2D eigenvalue weighted by Crippen LogP contribution is -1.96. The Morgan fingerprint density at radius 1 is 0.500 bits per heavy atom. The fourth-order valence-corrected chi connectivity index (χ4v) is 3.90.